The molecule has 0 aliphatic rings. The van der Waals surface area contributed by atoms with Crippen LogP contribution < -0.4 is 10.6 Å². The second kappa shape index (κ2) is 9.44. The van der Waals surface area contributed by atoms with Crippen molar-refractivity contribution in [2.45, 2.75) is 0 Å². The van der Waals surface area contributed by atoms with Crippen LogP contribution in [0.3, 0.4) is 0 Å². The first-order chi connectivity index (χ1) is 14.9. The largest absolute Gasteiger partial charge is 0.368 e. The molecule has 10 heteroatoms. The summed E-state index contributed by atoms with van der Waals surface area (Å²) in [5, 5.41) is 11.9. The van der Waals surface area contributed by atoms with Gasteiger partial charge in [0.15, 0.2) is 5.65 Å². The molecule has 2 N–H and O–H groups in total. The molecule has 2 aromatic carbocycles. The van der Waals surface area contributed by atoms with Crippen molar-refractivity contribution in [1.82, 2.24) is 19.9 Å². The summed E-state index contributed by atoms with van der Waals surface area (Å²) in [6.07, 6.45) is 1.68. The first-order valence-corrected chi connectivity index (χ1v) is 11.1. The molecule has 2 aromatic heterocycles. The van der Waals surface area contributed by atoms with E-state index < -0.39 is 0 Å². The van der Waals surface area contributed by atoms with Gasteiger partial charge in [0.25, 0.3) is 5.91 Å². The zero-order chi connectivity index (χ0) is 22.0. The van der Waals surface area contributed by atoms with Gasteiger partial charge in [0.2, 0.25) is 0 Å². The molecule has 0 aliphatic heterocycles. The number of carbonyl (C=O) groups excluding carboxylic acids is 1. The van der Waals surface area contributed by atoms with Crippen LogP contribution in [0.25, 0.3) is 16.9 Å². The first kappa shape index (κ1) is 21.9. The number of nitrogens with zero attached hydrogens (tertiary/aromatic N) is 3. The summed E-state index contributed by atoms with van der Waals surface area (Å²) in [5.74, 6) is 0.454. The fourth-order valence-corrected chi connectivity index (χ4v) is 4.13. The van der Waals surface area contributed by atoms with E-state index in [1.807, 2.05) is 30.3 Å². The first-order valence-electron chi connectivity index (χ1n) is 9.20. The van der Waals surface area contributed by atoms with Gasteiger partial charge in [-0.1, -0.05) is 53.0 Å². The van der Waals surface area contributed by atoms with Crippen LogP contribution in [0.4, 0.5) is 5.82 Å². The topological polar surface area (TPSA) is 71.3 Å². The van der Waals surface area contributed by atoms with Crippen LogP contribution in [0.5, 0.6) is 0 Å². The van der Waals surface area contributed by atoms with E-state index >= 15 is 0 Å². The van der Waals surface area contributed by atoms with Crippen LogP contribution in [0.2, 0.25) is 15.1 Å². The van der Waals surface area contributed by atoms with E-state index in [0.29, 0.717) is 50.9 Å². The second-order valence-corrected chi connectivity index (χ2v) is 8.71. The number of fused-ring (bicyclic) bond motifs is 1. The standard InChI is InChI=1S/C21H15BrCl3N5O/c22-16-11-28-30-19(10-18(29-20(16)30)15-3-1-2-4-17(15)25)26-5-6-27-21(31)12-7-13(23)9-14(24)8-12/h1-4,7-11,26H,5-6H2,(H,27,31). The molecule has 0 saturated carbocycles. The molecule has 158 valence electrons. The number of hydrogen-bond donors (Lipinski definition) is 2. The Bertz CT molecular complexity index is 1260. The Morgan fingerprint density at radius 2 is 1.77 bits per heavy atom. The molecule has 0 unspecified atom stereocenters. The number of anilines is 1. The number of amides is 1. The third-order valence-electron chi connectivity index (χ3n) is 4.42. The van der Waals surface area contributed by atoms with E-state index in [-0.39, 0.29) is 5.91 Å². The van der Waals surface area contributed by atoms with E-state index in [4.69, 9.17) is 34.8 Å². The van der Waals surface area contributed by atoms with Crippen LogP contribution >= 0.6 is 50.7 Å². The zero-order valence-electron chi connectivity index (χ0n) is 15.9. The predicted octanol–water partition coefficient (Wildman–Crippen LogP) is 5.96. The van der Waals surface area contributed by atoms with Crippen molar-refractivity contribution in [1.29, 1.82) is 0 Å². The summed E-state index contributed by atoms with van der Waals surface area (Å²) in [7, 11) is 0. The molecule has 0 saturated heterocycles. The Morgan fingerprint density at radius 1 is 1.03 bits per heavy atom. The van der Waals surface area contributed by atoms with Crippen LogP contribution in [-0.4, -0.2) is 33.6 Å². The van der Waals surface area contributed by atoms with Gasteiger partial charge in [0.05, 0.1) is 16.4 Å². The molecule has 0 atom stereocenters. The van der Waals surface area contributed by atoms with Crippen molar-refractivity contribution in [2.75, 3.05) is 18.4 Å². The van der Waals surface area contributed by atoms with Crippen LogP contribution in [0.15, 0.2) is 59.2 Å². The summed E-state index contributed by atoms with van der Waals surface area (Å²) < 4.78 is 2.44. The van der Waals surface area contributed by atoms with Gasteiger partial charge in [-0.2, -0.15) is 9.61 Å². The smallest absolute Gasteiger partial charge is 0.251 e. The van der Waals surface area contributed by atoms with Gasteiger partial charge in [0.1, 0.15) is 5.82 Å². The fraction of sp³-hybridized carbons (Fsp3) is 0.0952. The molecule has 2 heterocycles. The number of hydrogen-bond acceptors (Lipinski definition) is 4. The molecule has 1 amide bonds. The molecule has 0 aliphatic carbocycles. The highest BCUT2D eigenvalue weighted by Crippen LogP contribution is 2.30. The van der Waals surface area contributed by atoms with Gasteiger partial charge in [-0.05, 0) is 40.2 Å². The number of halogens is 4. The maximum Gasteiger partial charge on any atom is 0.251 e. The van der Waals surface area contributed by atoms with Crippen LogP contribution in [-0.2, 0) is 0 Å². The Balaban J connectivity index is 1.50. The summed E-state index contributed by atoms with van der Waals surface area (Å²) in [6, 6.07) is 14.1. The second-order valence-electron chi connectivity index (χ2n) is 6.58. The quantitative estimate of drug-likeness (QED) is 0.297. The minimum Gasteiger partial charge on any atom is -0.368 e. The third-order valence-corrected chi connectivity index (χ3v) is 5.75. The van der Waals surface area contributed by atoms with Crippen LogP contribution in [0.1, 0.15) is 10.4 Å². The fourth-order valence-electron chi connectivity index (χ4n) is 3.02. The minimum atomic E-state index is -0.260. The monoisotopic (exact) mass is 537 g/mol. The summed E-state index contributed by atoms with van der Waals surface area (Å²) in [5.41, 5.74) is 2.58. The van der Waals surface area contributed by atoms with Crippen molar-refractivity contribution >= 4 is 68.1 Å². The normalized spacial score (nSPS) is 11.0. The molecule has 0 bridgehead atoms. The maximum atomic E-state index is 12.3. The lowest BCUT2D eigenvalue weighted by Crippen LogP contribution is -2.29. The lowest BCUT2D eigenvalue weighted by molar-refractivity contribution is 0.0955. The number of aromatic nitrogens is 3. The number of rotatable bonds is 6. The Kier molecular flexibility index (Phi) is 6.67. The van der Waals surface area contributed by atoms with Crippen molar-refractivity contribution in [3.8, 4) is 11.3 Å². The lowest BCUT2D eigenvalue weighted by Gasteiger charge is -2.12. The third kappa shape index (κ3) is 4.96. The van der Waals surface area contributed by atoms with Gasteiger partial charge >= 0.3 is 0 Å². The molecule has 6 nitrogen and oxygen atoms in total. The van der Waals surface area contributed by atoms with Gasteiger partial charge in [0, 0.05) is 45.4 Å². The highest BCUT2D eigenvalue weighted by molar-refractivity contribution is 9.10. The SMILES string of the molecule is O=C(NCCNc1cc(-c2ccccc2Cl)nc2c(Br)cnn12)c1cc(Cl)cc(Cl)c1. The van der Waals surface area contributed by atoms with Crippen molar-refractivity contribution in [3.05, 3.63) is 79.8 Å². The Morgan fingerprint density at radius 3 is 2.52 bits per heavy atom. The number of nitrogens with one attached hydrogen (secondary N) is 2. The molecule has 4 rings (SSSR count). The van der Waals surface area contributed by atoms with E-state index in [1.165, 1.54) is 0 Å². The van der Waals surface area contributed by atoms with E-state index in [2.05, 4.69) is 36.6 Å². The molecular formula is C21H15BrCl3N5O. The average Bonchev–Trinajstić information content (AvgIpc) is 3.11. The Hall–Kier alpha value is -2.32. The minimum absolute atomic E-state index is 0.260. The predicted molar refractivity (Wildman–Crippen MR) is 128 cm³/mol. The maximum absolute atomic E-state index is 12.3. The molecule has 0 spiro atoms. The van der Waals surface area contributed by atoms with Crippen molar-refractivity contribution in [3.63, 3.8) is 0 Å². The summed E-state index contributed by atoms with van der Waals surface area (Å²) in [4.78, 5) is 17.0. The molecule has 31 heavy (non-hydrogen) atoms. The van der Waals surface area contributed by atoms with Crippen molar-refractivity contribution < 1.29 is 4.79 Å². The van der Waals surface area contributed by atoms with E-state index in [0.717, 1.165) is 10.0 Å². The lowest BCUT2D eigenvalue weighted by atomic mass is 10.1. The highest BCUT2D eigenvalue weighted by Gasteiger charge is 2.13. The van der Waals surface area contributed by atoms with E-state index in [1.54, 1.807) is 28.9 Å². The molecule has 4 aromatic rings. The van der Waals surface area contributed by atoms with Crippen LogP contribution in [0, 0.1) is 0 Å². The highest BCUT2D eigenvalue weighted by atomic mass is 79.9. The van der Waals surface area contributed by atoms with Crippen molar-refractivity contribution in [2.24, 2.45) is 0 Å². The summed E-state index contributed by atoms with van der Waals surface area (Å²) in [6.45, 7) is 0.829. The molecule has 0 radical (unpaired) electrons. The van der Waals surface area contributed by atoms with Gasteiger partial charge in [-0.3, -0.25) is 4.79 Å². The molecular weight excluding hydrogens is 525 g/mol. The molecule has 0 fully saturated rings. The number of benzene rings is 2. The zero-order valence-corrected chi connectivity index (χ0v) is 19.7. The van der Waals surface area contributed by atoms with Gasteiger partial charge < -0.3 is 10.6 Å². The summed E-state index contributed by atoms with van der Waals surface area (Å²) >= 11 is 21.8. The Labute approximate surface area is 201 Å². The van der Waals surface area contributed by atoms with E-state index in [9.17, 15) is 4.79 Å². The van der Waals surface area contributed by atoms with Gasteiger partial charge in [-0.25, -0.2) is 4.98 Å². The van der Waals surface area contributed by atoms with Gasteiger partial charge in [-0.15, -0.1) is 0 Å². The number of carbonyl (C=O) groups is 1. The average molecular weight is 540 g/mol.